The molecule has 0 spiro atoms. The van der Waals surface area contributed by atoms with E-state index < -0.39 is 17.5 Å². The van der Waals surface area contributed by atoms with Crippen molar-refractivity contribution < 1.29 is 23.2 Å². The number of anilines is 1. The van der Waals surface area contributed by atoms with E-state index in [1.165, 1.54) is 4.90 Å². The van der Waals surface area contributed by atoms with Crippen LogP contribution in [0.3, 0.4) is 0 Å². The number of carbonyl (C=O) groups excluding carboxylic acids is 3. The largest absolute Gasteiger partial charge is 0.349 e. The van der Waals surface area contributed by atoms with E-state index in [-0.39, 0.29) is 29.3 Å². The van der Waals surface area contributed by atoms with Crippen LogP contribution < -0.4 is 10.6 Å². The van der Waals surface area contributed by atoms with Crippen LogP contribution in [-0.4, -0.2) is 35.7 Å². The first-order valence-electron chi connectivity index (χ1n) is 11.8. The molecule has 0 radical (unpaired) electrons. The van der Waals surface area contributed by atoms with Crippen molar-refractivity contribution in [1.82, 2.24) is 10.2 Å². The molecule has 1 unspecified atom stereocenters. The van der Waals surface area contributed by atoms with Crippen LogP contribution in [0.5, 0.6) is 0 Å². The van der Waals surface area contributed by atoms with Gasteiger partial charge < -0.3 is 15.5 Å². The molecule has 0 aliphatic carbocycles. The second-order valence-electron chi connectivity index (χ2n) is 8.87. The Balaban J connectivity index is 1.31. The molecule has 6 nitrogen and oxygen atoms in total. The van der Waals surface area contributed by atoms with Crippen molar-refractivity contribution in [1.29, 1.82) is 0 Å². The molecular formula is C28H27F2N3O3. The fourth-order valence-corrected chi connectivity index (χ4v) is 4.27. The van der Waals surface area contributed by atoms with Crippen LogP contribution in [-0.2, 0) is 4.79 Å². The number of halogens is 2. The Morgan fingerprint density at radius 3 is 2.33 bits per heavy atom. The van der Waals surface area contributed by atoms with Gasteiger partial charge in [-0.15, -0.1) is 0 Å². The van der Waals surface area contributed by atoms with Gasteiger partial charge in [-0.05, 0) is 61.7 Å². The van der Waals surface area contributed by atoms with Crippen molar-refractivity contribution >= 4 is 23.4 Å². The molecule has 186 valence electrons. The molecule has 3 amide bonds. The molecule has 1 saturated heterocycles. The summed E-state index contributed by atoms with van der Waals surface area (Å²) in [5, 5.41) is 5.88. The van der Waals surface area contributed by atoms with Gasteiger partial charge in [0.2, 0.25) is 5.91 Å². The maximum absolute atomic E-state index is 14.0. The fraction of sp³-hybridized carbons (Fsp3) is 0.250. The van der Waals surface area contributed by atoms with E-state index in [9.17, 15) is 23.2 Å². The number of likely N-dealkylation sites (tertiary alicyclic amines) is 1. The number of nitrogens with zero attached hydrogens (tertiary/aromatic N) is 1. The zero-order chi connectivity index (χ0) is 25.7. The number of nitrogens with one attached hydrogen (secondary N) is 2. The standard InChI is InChI=1S/C28H27F2N3O3/c1-18(21-8-5-9-23(16-21)32-27(35)19-6-3-2-4-7-19)31-26(34)20-12-14-33(15-13-20)28(36)24-11-10-22(29)17-25(24)30/h2-11,16-18,20H,12-15H2,1H3,(H,31,34)(H,32,35). The molecule has 8 heteroatoms. The van der Waals surface area contributed by atoms with Crippen molar-refractivity contribution in [3.63, 3.8) is 0 Å². The Morgan fingerprint density at radius 2 is 1.64 bits per heavy atom. The molecule has 0 saturated carbocycles. The van der Waals surface area contributed by atoms with E-state index >= 15 is 0 Å². The zero-order valence-corrected chi connectivity index (χ0v) is 19.8. The summed E-state index contributed by atoms with van der Waals surface area (Å²) >= 11 is 0. The molecular weight excluding hydrogens is 464 g/mol. The zero-order valence-electron chi connectivity index (χ0n) is 19.8. The van der Waals surface area contributed by atoms with Crippen molar-refractivity contribution in [3.05, 3.63) is 101 Å². The van der Waals surface area contributed by atoms with Crippen LogP contribution in [0, 0.1) is 17.6 Å². The average Bonchev–Trinajstić information content (AvgIpc) is 2.89. The first kappa shape index (κ1) is 25.0. The van der Waals surface area contributed by atoms with E-state index in [0.717, 1.165) is 17.7 Å². The Morgan fingerprint density at radius 1 is 0.917 bits per heavy atom. The van der Waals surface area contributed by atoms with E-state index in [2.05, 4.69) is 10.6 Å². The highest BCUT2D eigenvalue weighted by Crippen LogP contribution is 2.23. The number of rotatable bonds is 6. The lowest BCUT2D eigenvalue weighted by Gasteiger charge is -2.32. The minimum Gasteiger partial charge on any atom is -0.349 e. The second kappa shape index (κ2) is 11.1. The Hall–Kier alpha value is -4.07. The number of hydrogen-bond donors (Lipinski definition) is 2. The molecule has 3 aromatic carbocycles. The smallest absolute Gasteiger partial charge is 0.256 e. The first-order chi connectivity index (χ1) is 17.3. The van der Waals surface area contributed by atoms with Crippen LogP contribution in [0.25, 0.3) is 0 Å². The summed E-state index contributed by atoms with van der Waals surface area (Å²) in [6, 6.07) is 18.8. The summed E-state index contributed by atoms with van der Waals surface area (Å²) < 4.78 is 27.1. The summed E-state index contributed by atoms with van der Waals surface area (Å²) in [5.74, 6) is -2.76. The summed E-state index contributed by atoms with van der Waals surface area (Å²) in [6.07, 6.45) is 0.889. The normalized spacial score (nSPS) is 14.7. The molecule has 1 atom stereocenters. The fourth-order valence-electron chi connectivity index (χ4n) is 4.27. The molecule has 0 bridgehead atoms. The molecule has 1 aliphatic heterocycles. The van der Waals surface area contributed by atoms with Crippen molar-refractivity contribution in [2.24, 2.45) is 5.92 Å². The lowest BCUT2D eigenvalue weighted by Crippen LogP contribution is -2.43. The lowest BCUT2D eigenvalue weighted by molar-refractivity contribution is -0.127. The van der Waals surface area contributed by atoms with E-state index in [0.29, 0.717) is 43.2 Å². The Labute approximate surface area is 208 Å². The molecule has 2 N–H and O–H groups in total. The van der Waals surface area contributed by atoms with E-state index in [1.807, 2.05) is 31.2 Å². The summed E-state index contributed by atoms with van der Waals surface area (Å²) in [4.78, 5) is 39.4. The molecule has 36 heavy (non-hydrogen) atoms. The highest BCUT2D eigenvalue weighted by molar-refractivity contribution is 6.04. The predicted octanol–water partition coefficient (Wildman–Crippen LogP) is 4.95. The van der Waals surface area contributed by atoms with E-state index in [4.69, 9.17) is 0 Å². The number of carbonyl (C=O) groups is 3. The first-order valence-corrected chi connectivity index (χ1v) is 11.8. The minimum absolute atomic E-state index is 0.124. The van der Waals surface area contributed by atoms with Crippen LogP contribution in [0.2, 0.25) is 0 Å². The minimum atomic E-state index is -0.893. The van der Waals surface area contributed by atoms with Crippen LogP contribution in [0.1, 0.15) is 52.1 Å². The van der Waals surface area contributed by atoms with Gasteiger partial charge in [0.15, 0.2) is 0 Å². The molecule has 0 aromatic heterocycles. The quantitative estimate of drug-likeness (QED) is 0.512. The van der Waals surface area contributed by atoms with Gasteiger partial charge in [0.05, 0.1) is 11.6 Å². The van der Waals surface area contributed by atoms with Crippen LogP contribution >= 0.6 is 0 Å². The molecule has 1 aliphatic rings. The molecule has 3 aromatic rings. The third-order valence-corrected chi connectivity index (χ3v) is 6.35. The average molecular weight is 492 g/mol. The van der Waals surface area contributed by atoms with Gasteiger partial charge in [0, 0.05) is 36.3 Å². The Kier molecular flexibility index (Phi) is 7.73. The van der Waals surface area contributed by atoms with E-state index in [1.54, 1.807) is 30.3 Å². The van der Waals surface area contributed by atoms with Crippen molar-refractivity contribution in [3.8, 4) is 0 Å². The second-order valence-corrected chi connectivity index (χ2v) is 8.87. The molecule has 4 rings (SSSR count). The maximum atomic E-state index is 14.0. The third kappa shape index (κ3) is 5.94. The van der Waals surface area contributed by atoms with Gasteiger partial charge >= 0.3 is 0 Å². The highest BCUT2D eigenvalue weighted by Gasteiger charge is 2.29. The Bertz CT molecular complexity index is 1260. The monoisotopic (exact) mass is 491 g/mol. The SMILES string of the molecule is CC(NC(=O)C1CCN(C(=O)c2ccc(F)cc2F)CC1)c1cccc(NC(=O)c2ccccc2)c1. The molecule has 1 fully saturated rings. The van der Waals surface area contributed by atoms with Crippen LogP contribution in [0.15, 0.2) is 72.8 Å². The maximum Gasteiger partial charge on any atom is 0.256 e. The third-order valence-electron chi connectivity index (χ3n) is 6.35. The summed E-state index contributed by atoms with van der Waals surface area (Å²) in [7, 11) is 0. The summed E-state index contributed by atoms with van der Waals surface area (Å²) in [6.45, 7) is 2.48. The van der Waals surface area contributed by atoms with Gasteiger partial charge in [-0.1, -0.05) is 30.3 Å². The van der Waals surface area contributed by atoms with Gasteiger partial charge in [0.1, 0.15) is 11.6 Å². The summed E-state index contributed by atoms with van der Waals surface area (Å²) in [5.41, 5.74) is 1.85. The van der Waals surface area contributed by atoms with Crippen LogP contribution in [0.4, 0.5) is 14.5 Å². The number of piperidine rings is 1. The topological polar surface area (TPSA) is 78.5 Å². The van der Waals surface area contributed by atoms with Crippen molar-refractivity contribution in [2.75, 3.05) is 18.4 Å². The van der Waals surface area contributed by atoms with Gasteiger partial charge in [-0.2, -0.15) is 0 Å². The lowest BCUT2D eigenvalue weighted by atomic mass is 9.94. The number of benzene rings is 3. The number of amides is 3. The number of hydrogen-bond acceptors (Lipinski definition) is 3. The molecule has 1 heterocycles. The predicted molar refractivity (Wildman–Crippen MR) is 132 cm³/mol. The van der Waals surface area contributed by atoms with Gasteiger partial charge in [-0.3, -0.25) is 14.4 Å². The van der Waals surface area contributed by atoms with Gasteiger partial charge in [0.25, 0.3) is 11.8 Å². The van der Waals surface area contributed by atoms with Gasteiger partial charge in [-0.25, -0.2) is 8.78 Å². The van der Waals surface area contributed by atoms with Crippen molar-refractivity contribution in [2.45, 2.75) is 25.8 Å². The highest BCUT2D eigenvalue weighted by atomic mass is 19.1.